The van der Waals surface area contributed by atoms with Crippen LogP contribution in [0.1, 0.15) is 0 Å². The molecule has 0 unspecified atom stereocenters. The predicted octanol–water partition coefficient (Wildman–Crippen LogP) is 0.393. The summed E-state index contributed by atoms with van der Waals surface area (Å²) < 4.78 is 0. The van der Waals surface area contributed by atoms with Crippen LogP contribution in [-0.4, -0.2) is 125 Å². The van der Waals surface area contributed by atoms with Gasteiger partial charge in [0.25, 0.3) is 0 Å². The first kappa shape index (κ1) is 18.6. The number of aliphatic hydroxyl groups excluding tert-OH is 2. The summed E-state index contributed by atoms with van der Waals surface area (Å²) in [5.74, 6) is -3.99. The Bertz CT molecular complexity index is 286. The SMILES string of the molecule is O=C1C(O)=C(Cl)C(=O)C(O)=C1Cl.[K].[K]. The van der Waals surface area contributed by atoms with Crippen molar-refractivity contribution in [2.45, 2.75) is 0 Å². The van der Waals surface area contributed by atoms with E-state index < -0.39 is 33.1 Å². The van der Waals surface area contributed by atoms with E-state index in [0.29, 0.717) is 0 Å². The number of hydrogen-bond acceptors (Lipinski definition) is 4. The molecule has 0 fully saturated rings. The number of allylic oxidation sites excluding steroid dienone is 2. The van der Waals surface area contributed by atoms with Crippen molar-refractivity contribution in [3.63, 3.8) is 0 Å². The summed E-state index contributed by atoms with van der Waals surface area (Å²) in [7, 11) is 0. The van der Waals surface area contributed by atoms with Crippen molar-refractivity contribution in [3.8, 4) is 0 Å². The summed E-state index contributed by atoms with van der Waals surface area (Å²) in [5.41, 5.74) is 0. The number of aliphatic hydroxyl groups is 2. The van der Waals surface area contributed by atoms with Crippen LogP contribution in [0.25, 0.3) is 0 Å². The van der Waals surface area contributed by atoms with Crippen LogP contribution in [-0.2, 0) is 9.59 Å². The van der Waals surface area contributed by atoms with Crippen LogP contribution >= 0.6 is 23.2 Å². The summed E-state index contributed by atoms with van der Waals surface area (Å²) in [6.07, 6.45) is 0. The maximum absolute atomic E-state index is 10.8. The third-order valence-electron chi connectivity index (χ3n) is 1.24. The van der Waals surface area contributed by atoms with E-state index in [1.54, 1.807) is 0 Å². The van der Waals surface area contributed by atoms with E-state index in [2.05, 4.69) is 0 Å². The summed E-state index contributed by atoms with van der Waals surface area (Å²) >= 11 is 10.4. The first-order valence-corrected chi connectivity index (χ1v) is 3.49. The first-order chi connectivity index (χ1) is 5.46. The zero-order chi connectivity index (χ0) is 9.46. The molecule has 2 radical (unpaired) electrons. The van der Waals surface area contributed by atoms with Crippen molar-refractivity contribution in [1.29, 1.82) is 0 Å². The van der Waals surface area contributed by atoms with Gasteiger partial charge in [-0.15, -0.1) is 0 Å². The Hall–Kier alpha value is 2.27. The number of carbonyl (C=O) groups excluding carboxylic acids is 2. The Balaban J connectivity index is 0. The van der Waals surface area contributed by atoms with Crippen molar-refractivity contribution in [1.82, 2.24) is 0 Å². The summed E-state index contributed by atoms with van der Waals surface area (Å²) in [4.78, 5) is 21.6. The summed E-state index contributed by atoms with van der Waals surface area (Å²) in [6.45, 7) is 0. The number of halogens is 2. The van der Waals surface area contributed by atoms with Gasteiger partial charge in [0.15, 0.2) is 11.5 Å². The third-order valence-corrected chi connectivity index (χ3v) is 1.95. The molecule has 2 N–H and O–H groups in total. The van der Waals surface area contributed by atoms with Gasteiger partial charge in [-0.05, 0) is 0 Å². The van der Waals surface area contributed by atoms with Crippen molar-refractivity contribution >= 4 is 138 Å². The molecule has 8 heteroatoms. The molecule has 0 amide bonds. The second-order valence-electron chi connectivity index (χ2n) is 1.98. The van der Waals surface area contributed by atoms with Gasteiger partial charge in [-0.25, -0.2) is 0 Å². The van der Waals surface area contributed by atoms with Crippen LogP contribution in [0.5, 0.6) is 0 Å². The van der Waals surface area contributed by atoms with E-state index in [1.807, 2.05) is 0 Å². The van der Waals surface area contributed by atoms with Gasteiger partial charge in [-0.3, -0.25) is 9.59 Å². The molecule has 0 aromatic rings. The van der Waals surface area contributed by atoms with Gasteiger partial charge < -0.3 is 10.2 Å². The van der Waals surface area contributed by atoms with E-state index in [9.17, 15) is 9.59 Å². The van der Waals surface area contributed by atoms with Crippen LogP contribution in [0.15, 0.2) is 21.6 Å². The van der Waals surface area contributed by atoms with Gasteiger partial charge in [0, 0.05) is 103 Å². The van der Waals surface area contributed by atoms with E-state index in [0.717, 1.165) is 0 Å². The molecule has 1 aliphatic carbocycles. The first-order valence-electron chi connectivity index (χ1n) is 2.73. The van der Waals surface area contributed by atoms with Crippen molar-refractivity contribution in [3.05, 3.63) is 21.6 Å². The molecule has 0 aliphatic heterocycles. The molecule has 0 aromatic carbocycles. The number of Topliss-reactive ketones (excluding diaryl/α,β-unsaturated/α-hetero) is 2. The minimum Gasteiger partial charge on any atom is -0.503 e. The molecular weight excluding hydrogens is 285 g/mol. The minimum atomic E-state index is -1.06. The summed E-state index contributed by atoms with van der Waals surface area (Å²) in [6, 6.07) is 0. The molecule has 4 nitrogen and oxygen atoms in total. The standard InChI is InChI=1S/C6H2Cl2O4.2K/c7-1-3(9)5(11)2(8)6(12)4(1)10;;/h9,12H;;. The van der Waals surface area contributed by atoms with Gasteiger partial charge in [0.2, 0.25) is 11.6 Å². The normalized spacial score (nSPS) is 16.4. The fourth-order valence-electron chi connectivity index (χ4n) is 0.622. The Morgan fingerprint density at radius 3 is 1.21 bits per heavy atom. The van der Waals surface area contributed by atoms with Crippen molar-refractivity contribution in [2.24, 2.45) is 0 Å². The Labute approximate surface area is 175 Å². The quantitative estimate of drug-likeness (QED) is 0.499. The van der Waals surface area contributed by atoms with Gasteiger partial charge >= 0.3 is 0 Å². The van der Waals surface area contributed by atoms with Crippen LogP contribution in [0, 0.1) is 0 Å². The maximum Gasteiger partial charge on any atom is 0.244 e. The number of hydrogen-bond donors (Lipinski definition) is 2. The molecular formula is C6H2Cl2K2O4. The number of carbonyl (C=O) groups is 2. The smallest absolute Gasteiger partial charge is 0.244 e. The monoisotopic (exact) mass is 286 g/mol. The van der Waals surface area contributed by atoms with Gasteiger partial charge in [-0.2, -0.15) is 0 Å². The molecule has 1 aliphatic rings. The topological polar surface area (TPSA) is 74.6 Å². The maximum atomic E-state index is 10.8. The fourth-order valence-corrected chi connectivity index (χ4v) is 0.973. The largest absolute Gasteiger partial charge is 0.503 e. The van der Waals surface area contributed by atoms with Crippen molar-refractivity contribution < 1.29 is 19.8 Å². The van der Waals surface area contributed by atoms with Gasteiger partial charge in [0.05, 0.1) is 0 Å². The molecule has 66 valence electrons. The fraction of sp³-hybridized carbons (Fsp3) is 0. The number of rotatable bonds is 0. The molecule has 0 atom stereocenters. The van der Waals surface area contributed by atoms with E-state index in [1.165, 1.54) is 0 Å². The second-order valence-corrected chi connectivity index (χ2v) is 2.74. The molecule has 0 bridgehead atoms. The molecule has 0 spiro atoms. The molecule has 0 heterocycles. The van der Waals surface area contributed by atoms with Crippen LogP contribution in [0.3, 0.4) is 0 Å². The second kappa shape index (κ2) is 7.57. The third kappa shape index (κ3) is 3.64. The van der Waals surface area contributed by atoms with Crippen LogP contribution < -0.4 is 0 Å². The van der Waals surface area contributed by atoms with Crippen LogP contribution in [0.2, 0.25) is 0 Å². The minimum absolute atomic E-state index is 0. The van der Waals surface area contributed by atoms with E-state index >= 15 is 0 Å². The zero-order valence-corrected chi connectivity index (χ0v) is 15.2. The molecule has 1 rings (SSSR count). The molecule has 14 heavy (non-hydrogen) atoms. The molecule has 0 saturated heterocycles. The van der Waals surface area contributed by atoms with Crippen molar-refractivity contribution in [2.75, 3.05) is 0 Å². The Morgan fingerprint density at radius 2 is 1.00 bits per heavy atom. The van der Waals surface area contributed by atoms with Gasteiger partial charge in [0.1, 0.15) is 10.1 Å². The van der Waals surface area contributed by atoms with E-state index in [4.69, 9.17) is 33.4 Å². The zero-order valence-electron chi connectivity index (χ0n) is 7.47. The average Bonchev–Trinajstić information content (AvgIpc) is 2.08. The van der Waals surface area contributed by atoms with Crippen LogP contribution in [0.4, 0.5) is 0 Å². The Morgan fingerprint density at radius 1 is 0.786 bits per heavy atom. The van der Waals surface area contributed by atoms with Gasteiger partial charge in [-0.1, -0.05) is 23.2 Å². The summed E-state index contributed by atoms with van der Waals surface area (Å²) in [5, 5.41) is 16.3. The predicted molar refractivity (Wildman–Crippen MR) is 52.5 cm³/mol. The molecule has 0 aromatic heterocycles. The van der Waals surface area contributed by atoms with E-state index in [-0.39, 0.29) is 103 Å². The molecule has 0 saturated carbocycles. The Kier molecular flexibility index (Phi) is 10.1. The average molecular weight is 287 g/mol. The number of ketones is 2.